The number of nitrogens with zero attached hydrogens (tertiary/aromatic N) is 4. The molecule has 2 rings (SSSR count). The molecule has 0 aliphatic heterocycles. The minimum absolute atomic E-state index is 0.108. The molecule has 2 aromatic heterocycles. The molecular weight excluding hydrogens is 216 g/mol. The van der Waals surface area contributed by atoms with E-state index in [4.69, 9.17) is 5.73 Å². The van der Waals surface area contributed by atoms with Gasteiger partial charge in [0.2, 0.25) is 0 Å². The van der Waals surface area contributed by atoms with Gasteiger partial charge in [0.05, 0.1) is 11.6 Å². The van der Waals surface area contributed by atoms with E-state index in [-0.39, 0.29) is 6.04 Å². The molecule has 0 fully saturated rings. The van der Waals surface area contributed by atoms with Crippen LogP contribution in [0.15, 0.2) is 12.5 Å². The first-order chi connectivity index (χ1) is 8.09. The average molecular weight is 234 g/mol. The van der Waals surface area contributed by atoms with Crippen molar-refractivity contribution in [1.82, 2.24) is 19.7 Å². The van der Waals surface area contributed by atoms with E-state index in [0.29, 0.717) is 12.5 Å². The lowest BCUT2D eigenvalue weighted by atomic mass is 10.1. The van der Waals surface area contributed by atoms with Crippen LogP contribution in [0.3, 0.4) is 0 Å². The van der Waals surface area contributed by atoms with Gasteiger partial charge in [0.1, 0.15) is 12.1 Å². The fourth-order valence-corrected chi connectivity index (χ4v) is 1.55. The fraction of sp³-hybridized carbons (Fsp3) is 0.545. The second-order valence-corrected chi connectivity index (χ2v) is 4.52. The van der Waals surface area contributed by atoms with Crippen LogP contribution >= 0.6 is 0 Å². The van der Waals surface area contributed by atoms with Gasteiger partial charge in [0, 0.05) is 19.6 Å². The Bertz CT molecular complexity index is 504. The number of aromatic nitrogens is 4. The molecule has 0 aliphatic carbocycles. The summed E-state index contributed by atoms with van der Waals surface area (Å²) in [5.41, 5.74) is 6.81. The van der Waals surface area contributed by atoms with Gasteiger partial charge in [-0.3, -0.25) is 4.68 Å². The molecule has 6 heteroatoms. The third-order valence-corrected chi connectivity index (χ3v) is 2.89. The SMILES string of the molecule is CC(C)C(N)CNc1ncnc2c1cnn2C. The summed E-state index contributed by atoms with van der Waals surface area (Å²) in [7, 11) is 1.86. The van der Waals surface area contributed by atoms with Crippen molar-refractivity contribution in [2.75, 3.05) is 11.9 Å². The Labute approximate surface area is 100 Å². The van der Waals surface area contributed by atoms with Gasteiger partial charge in [0.15, 0.2) is 5.65 Å². The summed E-state index contributed by atoms with van der Waals surface area (Å²) < 4.78 is 1.73. The van der Waals surface area contributed by atoms with E-state index in [0.717, 1.165) is 16.9 Å². The van der Waals surface area contributed by atoms with Gasteiger partial charge < -0.3 is 11.1 Å². The second-order valence-electron chi connectivity index (χ2n) is 4.52. The van der Waals surface area contributed by atoms with Gasteiger partial charge in [-0.2, -0.15) is 5.10 Å². The maximum atomic E-state index is 5.99. The highest BCUT2D eigenvalue weighted by Gasteiger charge is 2.10. The topological polar surface area (TPSA) is 81.7 Å². The zero-order chi connectivity index (χ0) is 12.4. The summed E-state index contributed by atoms with van der Waals surface area (Å²) in [6, 6.07) is 0.108. The molecule has 2 aromatic rings. The summed E-state index contributed by atoms with van der Waals surface area (Å²) in [6.07, 6.45) is 3.30. The van der Waals surface area contributed by atoms with Crippen molar-refractivity contribution in [3.05, 3.63) is 12.5 Å². The van der Waals surface area contributed by atoms with Crippen LogP contribution < -0.4 is 11.1 Å². The van der Waals surface area contributed by atoms with Crippen LogP contribution in [0.4, 0.5) is 5.82 Å². The Morgan fingerprint density at radius 1 is 1.41 bits per heavy atom. The van der Waals surface area contributed by atoms with Crippen LogP contribution in [0.25, 0.3) is 11.0 Å². The Balaban J connectivity index is 2.19. The van der Waals surface area contributed by atoms with E-state index in [2.05, 4.69) is 34.2 Å². The number of nitrogens with two attached hydrogens (primary N) is 1. The first-order valence-electron chi connectivity index (χ1n) is 5.71. The summed E-state index contributed by atoms with van der Waals surface area (Å²) >= 11 is 0. The maximum absolute atomic E-state index is 5.99. The summed E-state index contributed by atoms with van der Waals surface area (Å²) in [5.74, 6) is 1.23. The lowest BCUT2D eigenvalue weighted by Gasteiger charge is -2.16. The van der Waals surface area contributed by atoms with Crippen LogP contribution in [0.1, 0.15) is 13.8 Å². The molecular formula is C11H18N6. The summed E-state index contributed by atoms with van der Waals surface area (Å²) in [6.45, 7) is 4.90. The van der Waals surface area contributed by atoms with Crippen molar-refractivity contribution in [3.63, 3.8) is 0 Å². The largest absolute Gasteiger partial charge is 0.368 e. The molecule has 0 aromatic carbocycles. The van der Waals surface area contributed by atoms with Crippen molar-refractivity contribution in [2.24, 2.45) is 18.7 Å². The molecule has 17 heavy (non-hydrogen) atoms. The molecule has 6 nitrogen and oxygen atoms in total. The van der Waals surface area contributed by atoms with Crippen molar-refractivity contribution >= 4 is 16.9 Å². The highest BCUT2D eigenvalue weighted by Crippen LogP contribution is 2.17. The monoisotopic (exact) mass is 234 g/mol. The fourth-order valence-electron chi connectivity index (χ4n) is 1.55. The minimum atomic E-state index is 0.108. The standard InChI is InChI=1S/C11H18N6/c1-7(2)9(12)5-13-10-8-4-16-17(3)11(8)15-6-14-10/h4,6-7,9H,5,12H2,1-3H3,(H,13,14,15). The highest BCUT2D eigenvalue weighted by atomic mass is 15.3. The number of aryl methyl sites for hydroxylation is 1. The number of nitrogens with one attached hydrogen (secondary N) is 1. The van der Waals surface area contributed by atoms with E-state index >= 15 is 0 Å². The van der Waals surface area contributed by atoms with E-state index < -0.39 is 0 Å². The van der Waals surface area contributed by atoms with Gasteiger partial charge in [0.25, 0.3) is 0 Å². The summed E-state index contributed by atoms with van der Waals surface area (Å²) in [5, 5.41) is 8.34. The van der Waals surface area contributed by atoms with E-state index in [1.54, 1.807) is 10.9 Å². The van der Waals surface area contributed by atoms with Crippen molar-refractivity contribution in [1.29, 1.82) is 0 Å². The zero-order valence-electron chi connectivity index (χ0n) is 10.4. The van der Waals surface area contributed by atoms with Gasteiger partial charge in [-0.1, -0.05) is 13.8 Å². The molecule has 0 saturated heterocycles. The lowest BCUT2D eigenvalue weighted by molar-refractivity contribution is 0.511. The molecule has 0 amide bonds. The molecule has 3 N–H and O–H groups in total. The number of fused-ring (bicyclic) bond motifs is 1. The van der Waals surface area contributed by atoms with Gasteiger partial charge >= 0.3 is 0 Å². The molecule has 0 bridgehead atoms. The van der Waals surface area contributed by atoms with Crippen molar-refractivity contribution in [2.45, 2.75) is 19.9 Å². The van der Waals surface area contributed by atoms with E-state index in [1.165, 1.54) is 6.33 Å². The lowest BCUT2D eigenvalue weighted by Crippen LogP contribution is -2.34. The van der Waals surface area contributed by atoms with Crippen LogP contribution in [0.2, 0.25) is 0 Å². The Kier molecular flexibility index (Phi) is 3.23. The Morgan fingerprint density at radius 3 is 2.88 bits per heavy atom. The number of anilines is 1. The van der Waals surface area contributed by atoms with Gasteiger partial charge in [-0.05, 0) is 5.92 Å². The Morgan fingerprint density at radius 2 is 2.18 bits per heavy atom. The minimum Gasteiger partial charge on any atom is -0.368 e. The van der Waals surface area contributed by atoms with Crippen LogP contribution in [0, 0.1) is 5.92 Å². The molecule has 92 valence electrons. The molecule has 2 heterocycles. The van der Waals surface area contributed by atoms with E-state index in [9.17, 15) is 0 Å². The van der Waals surface area contributed by atoms with Gasteiger partial charge in [-0.15, -0.1) is 0 Å². The molecule has 0 saturated carbocycles. The van der Waals surface area contributed by atoms with Crippen LogP contribution in [-0.4, -0.2) is 32.3 Å². The normalized spacial score (nSPS) is 13.2. The molecule has 1 unspecified atom stereocenters. The average Bonchev–Trinajstić information content (AvgIpc) is 2.69. The maximum Gasteiger partial charge on any atom is 0.163 e. The third-order valence-electron chi connectivity index (χ3n) is 2.89. The molecule has 0 radical (unpaired) electrons. The molecule has 0 aliphatic rings. The first kappa shape index (κ1) is 11.8. The quantitative estimate of drug-likeness (QED) is 0.816. The van der Waals surface area contributed by atoms with Crippen molar-refractivity contribution in [3.8, 4) is 0 Å². The van der Waals surface area contributed by atoms with Crippen LogP contribution in [-0.2, 0) is 7.05 Å². The van der Waals surface area contributed by atoms with Crippen LogP contribution in [0.5, 0.6) is 0 Å². The highest BCUT2D eigenvalue weighted by molar-refractivity contribution is 5.85. The van der Waals surface area contributed by atoms with E-state index in [1.807, 2.05) is 7.05 Å². The number of hydrogen-bond donors (Lipinski definition) is 2. The predicted molar refractivity (Wildman–Crippen MR) is 67.6 cm³/mol. The van der Waals surface area contributed by atoms with Crippen molar-refractivity contribution < 1.29 is 0 Å². The Hall–Kier alpha value is -1.69. The number of rotatable bonds is 4. The zero-order valence-corrected chi connectivity index (χ0v) is 10.4. The first-order valence-corrected chi connectivity index (χ1v) is 5.71. The smallest absolute Gasteiger partial charge is 0.163 e. The molecule has 1 atom stereocenters. The molecule has 0 spiro atoms. The predicted octanol–water partition coefficient (Wildman–Crippen LogP) is 0.758. The number of hydrogen-bond acceptors (Lipinski definition) is 5. The summed E-state index contributed by atoms with van der Waals surface area (Å²) in [4.78, 5) is 8.40. The van der Waals surface area contributed by atoms with Gasteiger partial charge in [-0.25, -0.2) is 9.97 Å². The second kappa shape index (κ2) is 4.67. The third kappa shape index (κ3) is 2.36.